The molecule has 0 bridgehead atoms. The first kappa shape index (κ1) is 82.3. The molecule has 3 saturated heterocycles. The summed E-state index contributed by atoms with van der Waals surface area (Å²) in [5.74, 6) is -2.12. The molecule has 4 amide bonds. The summed E-state index contributed by atoms with van der Waals surface area (Å²) < 4.78 is 116. The van der Waals surface area contributed by atoms with Gasteiger partial charge in [0.05, 0.1) is 77.5 Å². The van der Waals surface area contributed by atoms with Gasteiger partial charge < -0.3 is 50.5 Å². The Morgan fingerprint density at radius 2 is 1.56 bits per heavy atom. The highest BCUT2D eigenvalue weighted by Gasteiger charge is 2.49. The van der Waals surface area contributed by atoms with E-state index in [2.05, 4.69) is 65.7 Å². The summed E-state index contributed by atoms with van der Waals surface area (Å²) in [6, 6.07) is 30.9. The van der Waals surface area contributed by atoms with Crippen LogP contribution in [0.1, 0.15) is 99.9 Å². The summed E-state index contributed by atoms with van der Waals surface area (Å²) in [5, 5.41) is 22.3. The summed E-state index contributed by atoms with van der Waals surface area (Å²) in [6.45, 7) is 18.6. The Morgan fingerprint density at radius 1 is 0.862 bits per heavy atom. The number of aliphatic hydroxyl groups is 1. The smallest absolute Gasteiger partial charge is 0.391 e. The lowest BCUT2D eigenvalue weighted by Crippen LogP contribution is -2.58. The number of aryl methyl sites for hydroxylation is 1. The van der Waals surface area contributed by atoms with E-state index >= 15 is 0 Å². The number of likely N-dealkylation sites (tertiary alicyclic amines) is 1. The number of piperazine rings is 1. The molecule has 5 aromatic carbocycles. The summed E-state index contributed by atoms with van der Waals surface area (Å²) in [5.41, 5.74) is 9.26. The normalized spacial score (nSPS) is 20.0. The zero-order valence-electron chi connectivity index (χ0n) is 61.9. The SMILES string of the molecule is Cc1ncsc1-c1ccc([C@H](C)NC(=O)[C@@H]2C[C@@H](O)CN2C(=O)[C@@H](NC(=O)COCCOCC2=CN(CC3(C)CCC(c4ccc(Cl)cc4)=C(CN4CCN(c5ccc(C(=O)NS(=O)(=O)c6ccc(N[C@H](CCN7CCOCC7)CSc7ccccc7)c(S(=O)(=O)C(F)(F)F)c6)cc5)CC4)C3)NN2)C(C)(C)C)cc1. The van der Waals surface area contributed by atoms with Crippen molar-refractivity contribution in [2.24, 2.45) is 10.8 Å². The van der Waals surface area contributed by atoms with Gasteiger partial charge in [0.25, 0.3) is 25.8 Å². The number of amides is 4. The molecule has 3 fully saturated rings. The van der Waals surface area contributed by atoms with E-state index in [0.717, 1.165) is 81.5 Å². The van der Waals surface area contributed by atoms with E-state index in [0.29, 0.717) is 88.8 Å². The number of aromatic nitrogens is 1. The Morgan fingerprint density at radius 3 is 2.24 bits per heavy atom. The Labute approximate surface area is 648 Å². The highest BCUT2D eigenvalue weighted by molar-refractivity contribution is 7.99. The fourth-order valence-electron chi connectivity index (χ4n) is 14.2. The molecule has 32 heteroatoms. The molecule has 1 unspecified atom stereocenters. The Kier molecular flexibility index (Phi) is 27.4. The van der Waals surface area contributed by atoms with Gasteiger partial charge in [-0.2, -0.15) is 13.2 Å². The number of alkyl halides is 3. The first-order valence-corrected chi connectivity index (χ1v) is 41.6. The fourth-order valence-corrected chi connectivity index (χ4v) is 18.1. The van der Waals surface area contributed by atoms with Crippen molar-refractivity contribution < 1.29 is 68.5 Å². The molecule has 0 spiro atoms. The number of thioether (sulfide) groups is 1. The third kappa shape index (κ3) is 21.7. The van der Waals surface area contributed by atoms with E-state index in [-0.39, 0.29) is 56.4 Å². The maximum Gasteiger partial charge on any atom is 0.501 e. The van der Waals surface area contributed by atoms with Crippen molar-refractivity contribution in [3.63, 3.8) is 0 Å². The fraction of sp³-hybridized carbons (Fsp3) is 0.468. The van der Waals surface area contributed by atoms with Crippen molar-refractivity contribution in [3.05, 3.63) is 172 Å². The second-order valence-electron chi connectivity index (χ2n) is 29.6. The number of rotatable bonds is 31. The van der Waals surface area contributed by atoms with Gasteiger partial charge in [-0.1, -0.05) is 99.5 Å². The van der Waals surface area contributed by atoms with E-state index in [1.54, 1.807) is 29.0 Å². The van der Waals surface area contributed by atoms with Crippen molar-refractivity contribution in [2.75, 3.05) is 121 Å². The number of nitrogens with one attached hydrogen (secondary N) is 6. The van der Waals surface area contributed by atoms with E-state index in [4.69, 9.17) is 25.8 Å². The van der Waals surface area contributed by atoms with Crippen LogP contribution in [0.25, 0.3) is 16.0 Å². The number of anilines is 2. The van der Waals surface area contributed by atoms with Crippen LogP contribution < -0.4 is 36.5 Å². The predicted molar refractivity (Wildman–Crippen MR) is 415 cm³/mol. The van der Waals surface area contributed by atoms with Crippen LogP contribution >= 0.6 is 34.7 Å². The van der Waals surface area contributed by atoms with Gasteiger partial charge in [0.2, 0.25) is 17.7 Å². The number of hydrogen-bond acceptors (Lipinski definition) is 22. The first-order valence-electron chi connectivity index (χ1n) is 36.4. The summed E-state index contributed by atoms with van der Waals surface area (Å²) >= 11 is 9.37. The maximum atomic E-state index is 14.4. The number of ether oxygens (including phenoxy) is 3. The number of benzene rings is 5. The van der Waals surface area contributed by atoms with Gasteiger partial charge in [-0.05, 0) is 139 Å². The maximum absolute atomic E-state index is 14.4. The van der Waals surface area contributed by atoms with Gasteiger partial charge in [-0.25, -0.2) is 26.5 Å². The molecule has 6 aromatic rings. The minimum atomic E-state index is -6.11. The van der Waals surface area contributed by atoms with Crippen LogP contribution in [0.3, 0.4) is 0 Å². The molecule has 0 radical (unpaired) electrons. The molecule has 588 valence electrons. The number of sulfone groups is 1. The molecule has 6 atom stereocenters. The number of halogens is 4. The van der Waals surface area contributed by atoms with Crippen LogP contribution in [0.4, 0.5) is 24.5 Å². The average Bonchev–Trinajstić information content (AvgIpc) is 1.45. The number of aliphatic hydroxyl groups excluding tert-OH is 1. The summed E-state index contributed by atoms with van der Waals surface area (Å²) in [4.78, 5) is 67.4. The third-order valence-corrected chi connectivity index (χ3v) is 25.5. The van der Waals surface area contributed by atoms with Gasteiger partial charge in [0.15, 0.2) is 0 Å². The Hall–Kier alpha value is -7.66. The standard InChI is InChI=1S/C77H96ClF3N12O12S4/c1-51(53-12-14-55(15-13-53)70-52(2)82-50-107-70)83-73(97)67-40-62(94)45-93(67)74(98)71(75(3,4)5)85-69(95)47-105-39-38-104-46-60-44-92(88-86-60)49-76(6)28-26-65(54-16-20-58(78)21-17-54)57(42-76)43-90-30-32-91(33-31-90)61-22-18-56(19-23-61)72(96)87-109(101,102)64-24-25-66(68(41-64)108(99,100)77(79,80)81)84-59(27-29-89-34-36-103-37-35-89)48-106-63-10-8-7-9-11-63/h7-25,41,44,50-51,59,62,67,71,84,86,88,94H,26-40,42-43,45-49H2,1-6H3,(H,83,97)(H,85,95)(H,87,96)/t51-,59+,62+,67-,71+,76?/m0/s1. The minimum Gasteiger partial charge on any atom is -0.391 e. The monoisotopic (exact) mass is 1600 g/mol. The van der Waals surface area contributed by atoms with Crippen molar-refractivity contribution in [1.82, 2.24) is 51.0 Å². The van der Waals surface area contributed by atoms with Gasteiger partial charge in [0, 0.05) is 111 Å². The summed E-state index contributed by atoms with van der Waals surface area (Å²) in [6.07, 6.45) is 4.08. The van der Waals surface area contributed by atoms with Crippen LogP contribution in [0.5, 0.6) is 0 Å². The van der Waals surface area contributed by atoms with Crippen LogP contribution in [0.15, 0.2) is 159 Å². The van der Waals surface area contributed by atoms with Gasteiger partial charge in [-0.15, -0.1) is 28.6 Å². The molecule has 5 aliphatic rings. The van der Waals surface area contributed by atoms with Crippen LogP contribution in [0.2, 0.25) is 5.02 Å². The number of β-amino-alcohol motifs (C(OH)–C–C–N with tert-alkyl or cyclic N) is 1. The number of carbonyl (C=O) groups excluding carboxylic acids is 4. The van der Waals surface area contributed by atoms with E-state index in [1.165, 1.54) is 39.9 Å². The molecule has 4 aliphatic heterocycles. The average molecular weight is 1600 g/mol. The molecular weight excluding hydrogens is 1510 g/mol. The van der Waals surface area contributed by atoms with E-state index in [1.807, 2.05) is 117 Å². The van der Waals surface area contributed by atoms with E-state index in [9.17, 15) is 54.3 Å². The second-order valence-corrected chi connectivity index (χ2v) is 35.6. The number of morpholine rings is 1. The Bertz CT molecular complexity index is 4450. The highest BCUT2D eigenvalue weighted by atomic mass is 35.5. The Balaban J connectivity index is 0.639. The molecule has 5 heterocycles. The lowest BCUT2D eigenvalue weighted by atomic mass is 9.71. The van der Waals surface area contributed by atoms with Crippen molar-refractivity contribution in [1.29, 1.82) is 0 Å². The van der Waals surface area contributed by atoms with Gasteiger partial charge in [-0.3, -0.25) is 34.0 Å². The van der Waals surface area contributed by atoms with Crippen molar-refractivity contribution in [3.8, 4) is 10.4 Å². The number of hydrogen-bond donors (Lipinski definition) is 7. The molecule has 109 heavy (non-hydrogen) atoms. The number of nitrogens with zero attached hydrogens (tertiary/aromatic N) is 6. The topological polar surface area (TPSA) is 286 Å². The first-order chi connectivity index (χ1) is 51.9. The summed E-state index contributed by atoms with van der Waals surface area (Å²) in [7, 11) is -11.0. The number of allylic oxidation sites excluding steroid dienone is 1. The molecule has 1 aliphatic carbocycles. The molecule has 11 rings (SSSR count). The number of thiazole rings is 1. The zero-order valence-corrected chi connectivity index (χ0v) is 65.9. The predicted octanol–water partition coefficient (Wildman–Crippen LogP) is 9.81. The van der Waals surface area contributed by atoms with E-state index < -0.39 is 94.1 Å². The van der Waals surface area contributed by atoms with Crippen molar-refractivity contribution >= 4 is 95.1 Å². The van der Waals surface area contributed by atoms with Crippen LogP contribution in [-0.4, -0.2) is 211 Å². The van der Waals surface area contributed by atoms with Crippen LogP contribution in [0, 0.1) is 17.8 Å². The number of carbonyl (C=O) groups is 4. The lowest BCUT2D eigenvalue weighted by Gasteiger charge is -2.42. The number of sulfonamides is 1. The van der Waals surface area contributed by atoms with Crippen molar-refractivity contribution in [2.45, 2.75) is 124 Å². The van der Waals surface area contributed by atoms with Crippen LogP contribution in [-0.2, 0) is 48.5 Å². The highest BCUT2D eigenvalue weighted by Crippen LogP contribution is 2.45. The molecule has 24 nitrogen and oxygen atoms in total. The third-order valence-electron chi connectivity index (χ3n) is 20.2. The number of hydrazine groups is 2. The molecule has 7 N–H and O–H groups in total. The lowest BCUT2D eigenvalue weighted by molar-refractivity contribution is -0.144. The molecular formula is C77H96ClF3N12O12S4. The molecule has 1 aromatic heterocycles. The quantitative estimate of drug-likeness (QED) is 0.0157. The zero-order chi connectivity index (χ0) is 77.8. The second kappa shape index (κ2) is 36.2. The van der Waals surface area contributed by atoms with Gasteiger partial charge >= 0.3 is 5.51 Å². The largest absolute Gasteiger partial charge is 0.501 e. The minimum absolute atomic E-state index is 0.0489. The van der Waals surface area contributed by atoms with Gasteiger partial charge in [0.1, 0.15) is 23.6 Å². The molecule has 0 saturated carbocycles.